The molecular weight excluding hydrogens is 218 g/mol. The monoisotopic (exact) mass is 239 g/mol. The molecule has 2 heterocycles. The minimum atomic E-state index is 0.642. The van der Waals surface area contributed by atoms with Crippen LogP contribution in [0.1, 0.15) is 24.6 Å². The third kappa shape index (κ3) is 2.97. The molecule has 1 fully saturated rings. The summed E-state index contributed by atoms with van der Waals surface area (Å²) in [5.41, 5.74) is 6.76. The average Bonchev–Trinajstić information content (AvgIpc) is 2.90. The Balaban J connectivity index is 1.69. The second-order valence-corrected chi connectivity index (χ2v) is 5.52. The van der Waals surface area contributed by atoms with Gasteiger partial charge in [-0.25, -0.2) is 0 Å². The molecule has 3 N–H and O–H groups in total. The van der Waals surface area contributed by atoms with Gasteiger partial charge in [-0.05, 0) is 44.3 Å². The first kappa shape index (κ1) is 11.9. The number of nitrogen functional groups attached to an aromatic ring is 1. The Morgan fingerprint density at radius 3 is 2.88 bits per heavy atom. The number of thiophene rings is 1. The van der Waals surface area contributed by atoms with E-state index in [1.807, 2.05) is 6.07 Å². The van der Waals surface area contributed by atoms with Crippen LogP contribution in [-0.2, 0) is 6.54 Å². The predicted octanol–water partition coefficient (Wildman–Crippen LogP) is 1.90. The lowest BCUT2D eigenvalue weighted by Crippen LogP contribution is -2.38. The maximum Gasteiger partial charge on any atom is 0.0468 e. The van der Waals surface area contributed by atoms with E-state index in [0.717, 1.165) is 18.8 Å². The molecule has 1 aromatic heterocycles. The second-order valence-electron chi connectivity index (χ2n) is 4.52. The highest BCUT2D eigenvalue weighted by atomic mass is 32.1. The van der Waals surface area contributed by atoms with Gasteiger partial charge in [0.15, 0.2) is 0 Å². The average molecular weight is 239 g/mol. The van der Waals surface area contributed by atoms with Crippen molar-refractivity contribution in [3.8, 4) is 0 Å². The van der Waals surface area contributed by atoms with E-state index in [4.69, 9.17) is 5.73 Å². The van der Waals surface area contributed by atoms with Crippen molar-refractivity contribution in [3.05, 3.63) is 16.3 Å². The van der Waals surface area contributed by atoms with Crippen molar-refractivity contribution < 1.29 is 0 Å². The molecule has 1 aromatic rings. The summed E-state index contributed by atoms with van der Waals surface area (Å²) in [5, 5.41) is 5.55. The van der Waals surface area contributed by atoms with Crippen LogP contribution < -0.4 is 11.1 Å². The van der Waals surface area contributed by atoms with Crippen LogP contribution in [0, 0.1) is 0 Å². The molecule has 0 amide bonds. The van der Waals surface area contributed by atoms with E-state index in [0.29, 0.717) is 6.04 Å². The smallest absolute Gasteiger partial charge is 0.0468 e. The number of hydrogen-bond donors (Lipinski definition) is 2. The standard InChI is InChI=1S/C12H21N3S/c1-10(15-5-2-3-6-15)8-14-9-12-11(13)4-7-16-12/h4,7,10,14H,2-3,5-6,8-9,13H2,1H3. The van der Waals surface area contributed by atoms with Crippen molar-refractivity contribution >= 4 is 17.0 Å². The molecule has 0 bridgehead atoms. The Morgan fingerprint density at radius 2 is 2.25 bits per heavy atom. The van der Waals surface area contributed by atoms with E-state index in [1.54, 1.807) is 11.3 Å². The van der Waals surface area contributed by atoms with Gasteiger partial charge in [0.05, 0.1) is 0 Å². The van der Waals surface area contributed by atoms with Gasteiger partial charge in [0.25, 0.3) is 0 Å². The number of nitrogens with two attached hydrogens (primary N) is 1. The Morgan fingerprint density at radius 1 is 1.50 bits per heavy atom. The minimum Gasteiger partial charge on any atom is -0.398 e. The van der Waals surface area contributed by atoms with Gasteiger partial charge in [-0.1, -0.05) is 0 Å². The molecule has 0 spiro atoms. The predicted molar refractivity (Wildman–Crippen MR) is 70.7 cm³/mol. The molecule has 1 unspecified atom stereocenters. The normalized spacial score (nSPS) is 19.1. The SMILES string of the molecule is CC(CNCc1sccc1N)N1CCCC1. The third-order valence-corrected chi connectivity index (χ3v) is 4.21. The number of nitrogens with zero attached hydrogens (tertiary/aromatic N) is 1. The van der Waals surface area contributed by atoms with Crippen LogP contribution in [0.15, 0.2) is 11.4 Å². The van der Waals surface area contributed by atoms with Crippen LogP contribution in [0.2, 0.25) is 0 Å². The number of hydrogen-bond acceptors (Lipinski definition) is 4. The van der Waals surface area contributed by atoms with Crippen molar-refractivity contribution in [2.75, 3.05) is 25.4 Å². The van der Waals surface area contributed by atoms with Gasteiger partial charge in [0, 0.05) is 29.7 Å². The summed E-state index contributed by atoms with van der Waals surface area (Å²) in [6.45, 7) is 6.79. The Kier molecular flexibility index (Phi) is 4.21. The largest absolute Gasteiger partial charge is 0.398 e. The summed E-state index contributed by atoms with van der Waals surface area (Å²) in [5.74, 6) is 0. The van der Waals surface area contributed by atoms with E-state index < -0.39 is 0 Å². The molecule has 1 aliphatic rings. The lowest BCUT2D eigenvalue weighted by atomic mass is 10.3. The molecule has 90 valence electrons. The summed E-state index contributed by atoms with van der Waals surface area (Å²) in [4.78, 5) is 3.82. The maximum atomic E-state index is 5.84. The Hall–Kier alpha value is -0.580. The van der Waals surface area contributed by atoms with Gasteiger partial charge in [-0.2, -0.15) is 0 Å². The molecular formula is C12H21N3S. The summed E-state index contributed by atoms with van der Waals surface area (Å²) in [6, 6.07) is 2.62. The Labute approximate surface area is 102 Å². The summed E-state index contributed by atoms with van der Waals surface area (Å²) < 4.78 is 0. The fourth-order valence-corrected chi connectivity index (χ4v) is 2.97. The number of likely N-dealkylation sites (tertiary alicyclic amines) is 1. The summed E-state index contributed by atoms with van der Waals surface area (Å²) >= 11 is 1.73. The molecule has 0 aromatic carbocycles. The summed E-state index contributed by atoms with van der Waals surface area (Å²) in [7, 11) is 0. The number of nitrogens with one attached hydrogen (secondary N) is 1. The van der Waals surface area contributed by atoms with Crippen LogP contribution in [0.3, 0.4) is 0 Å². The van der Waals surface area contributed by atoms with E-state index in [9.17, 15) is 0 Å². The first-order chi connectivity index (χ1) is 7.77. The number of rotatable bonds is 5. The molecule has 16 heavy (non-hydrogen) atoms. The van der Waals surface area contributed by atoms with Gasteiger partial charge in [0.2, 0.25) is 0 Å². The zero-order chi connectivity index (χ0) is 11.4. The van der Waals surface area contributed by atoms with Crippen LogP contribution in [0.25, 0.3) is 0 Å². The van der Waals surface area contributed by atoms with Crippen molar-refractivity contribution in [1.29, 1.82) is 0 Å². The van der Waals surface area contributed by atoms with Crippen LogP contribution >= 0.6 is 11.3 Å². The van der Waals surface area contributed by atoms with Crippen LogP contribution in [0.5, 0.6) is 0 Å². The van der Waals surface area contributed by atoms with Crippen LogP contribution in [0.4, 0.5) is 5.69 Å². The zero-order valence-electron chi connectivity index (χ0n) is 9.91. The molecule has 1 saturated heterocycles. The van der Waals surface area contributed by atoms with Crippen molar-refractivity contribution in [1.82, 2.24) is 10.2 Å². The van der Waals surface area contributed by atoms with Gasteiger partial charge in [-0.3, -0.25) is 4.90 Å². The van der Waals surface area contributed by atoms with E-state index >= 15 is 0 Å². The fourth-order valence-electron chi connectivity index (χ4n) is 2.20. The van der Waals surface area contributed by atoms with E-state index in [-0.39, 0.29) is 0 Å². The highest BCUT2D eigenvalue weighted by Gasteiger charge is 2.17. The van der Waals surface area contributed by atoms with Crippen molar-refractivity contribution in [2.45, 2.75) is 32.4 Å². The summed E-state index contributed by atoms with van der Waals surface area (Å²) in [6.07, 6.45) is 2.73. The minimum absolute atomic E-state index is 0.642. The van der Waals surface area contributed by atoms with E-state index in [1.165, 1.54) is 30.8 Å². The lowest BCUT2D eigenvalue weighted by Gasteiger charge is -2.23. The maximum absolute atomic E-state index is 5.84. The highest BCUT2D eigenvalue weighted by Crippen LogP contribution is 2.18. The molecule has 1 atom stereocenters. The molecule has 0 radical (unpaired) electrons. The van der Waals surface area contributed by atoms with Gasteiger partial charge < -0.3 is 11.1 Å². The highest BCUT2D eigenvalue weighted by molar-refractivity contribution is 7.10. The first-order valence-corrected chi connectivity index (χ1v) is 6.92. The van der Waals surface area contributed by atoms with Gasteiger partial charge in [-0.15, -0.1) is 11.3 Å². The quantitative estimate of drug-likeness (QED) is 0.824. The lowest BCUT2D eigenvalue weighted by molar-refractivity contribution is 0.252. The molecule has 4 heteroatoms. The first-order valence-electron chi connectivity index (χ1n) is 6.04. The third-order valence-electron chi connectivity index (χ3n) is 3.27. The van der Waals surface area contributed by atoms with E-state index in [2.05, 4.69) is 22.5 Å². The van der Waals surface area contributed by atoms with Gasteiger partial charge in [0.1, 0.15) is 0 Å². The fraction of sp³-hybridized carbons (Fsp3) is 0.667. The Bertz CT molecular complexity index is 318. The molecule has 2 rings (SSSR count). The zero-order valence-corrected chi connectivity index (χ0v) is 10.7. The molecule has 0 saturated carbocycles. The van der Waals surface area contributed by atoms with Gasteiger partial charge >= 0.3 is 0 Å². The molecule has 0 aliphatic carbocycles. The molecule has 1 aliphatic heterocycles. The second kappa shape index (κ2) is 5.66. The van der Waals surface area contributed by atoms with Crippen LogP contribution in [-0.4, -0.2) is 30.6 Å². The molecule has 3 nitrogen and oxygen atoms in total. The topological polar surface area (TPSA) is 41.3 Å². The van der Waals surface area contributed by atoms with Crippen molar-refractivity contribution in [3.63, 3.8) is 0 Å². The van der Waals surface area contributed by atoms with Crippen molar-refractivity contribution in [2.24, 2.45) is 0 Å². The number of anilines is 1.